The first-order valence-corrected chi connectivity index (χ1v) is 7.89. The minimum absolute atomic E-state index is 0.0999. The molecule has 0 saturated carbocycles. The molecule has 0 aromatic carbocycles. The molecule has 17 heavy (non-hydrogen) atoms. The summed E-state index contributed by atoms with van der Waals surface area (Å²) in [6.45, 7) is 12.7. The van der Waals surface area contributed by atoms with Gasteiger partial charge in [0.2, 0.25) is 0 Å². The Morgan fingerprint density at radius 3 is 1.47 bits per heavy atom. The van der Waals surface area contributed by atoms with E-state index in [1.165, 1.54) is 13.8 Å². The van der Waals surface area contributed by atoms with E-state index in [2.05, 4.69) is 13.2 Å². The van der Waals surface area contributed by atoms with Crippen LogP contribution in [-0.2, 0) is 36.9 Å². The molecule has 0 aliphatic carbocycles. The fourth-order valence-electron chi connectivity index (χ4n) is 0.689. The molecule has 0 heterocycles. The second-order valence-electron chi connectivity index (χ2n) is 4.10. The van der Waals surface area contributed by atoms with Crippen molar-refractivity contribution in [2.24, 2.45) is 0 Å². The van der Waals surface area contributed by atoms with Crippen LogP contribution in [0.15, 0.2) is 24.3 Å². The van der Waals surface area contributed by atoms with Gasteiger partial charge in [0.1, 0.15) is 0 Å². The van der Waals surface area contributed by atoms with Crippen LogP contribution in [0.2, 0.25) is 4.22 Å². The van der Waals surface area contributed by atoms with E-state index in [1.54, 1.807) is 13.8 Å². The summed E-state index contributed by atoms with van der Waals surface area (Å²) in [5.41, 5.74) is 0.200. The summed E-state index contributed by atoms with van der Waals surface area (Å²) in [5, 5.41) is 0. The van der Waals surface area contributed by atoms with Gasteiger partial charge in [-0.1, -0.05) is 0 Å². The maximum atomic E-state index is 12.3. The average molecular weight is 277 g/mol. The summed E-state index contributed by atoms with van der Waals surface area (Å²) in [4.78, 5) is 22.7. The second kappa shape index (κ2) is 6.03. The molecule has 0 aromatic rings. The summed E-state index contributed by atoms with van der Waals surface area (Å²) < 4.78 is 21.3. The molecule has 0 aliphatic heterocycles. The van der Waals surface area contributed by atoms with Gasteiger partial charge in [0.05, 0.1) is 0 Å². The first-order chi connectivity index (χ1) is 7.60. The van der Waals surface area contributed by atoms with E-state index < -0.39 is 33.5 Å². The molecule has 0 spiro atoms. The Morgan fingerprint density at radius 1 is 1.00 bits per heavy atom. The van der Waals surface area contributed by atoms with Crippen LogP contribution >= 0.6 is 0 Å². The second-order valence-corrected chi connectivity index (χ2v) is 8.42. The topological polar surface area (TPSA) is 69.7 Å². The summed E-state index contributed by atoms with van der Waals surface area (Å²) in [7, 11) is 0. The van der Waals surface area contributed by atoms with Crippen LogP contribution in [-0.4, -0.2) is 11.9 Å². The third kappa shape index (κ3) is 4.75. The van der Waals surface area contributed by atoms with E-state index in [9.17, 15) is 12.9 Å². The average Bonchev–Trinajstić information content (AvgIpc) is 2.16. The van der Waals surface area contributed by atoms with Gasteiger partial charge in [-0.15, -0.1) is 0 Å². The normalized spacial score (nSPS) is 10.9. The van der Waals surface area contributed by atoms with E-state index in [-0.39, 0.29) is 11.1 Å². The van der Waals surface area contributed by atoms with Crippen molar-refractivity contribution in [2.45, 2.75) is 31.9 Å². The first-order valence-electron chi connectivity index (χ1n) is 5.08. The first kappa shape index (κ1) is 15.9. The zero-order chi connectivity index (χ0) is 13.8. The van der Waals surface area contributed by atoms with Gasteiger partial charge >= 0.3 is 105 Å². The monoisotopic (exact) mass is 277 g/mol. The van der Waals surface area contributed by atoms with Crippen LogP contribution in [0.3, 0.4) is 0 Å². The Morgan fingerprint density at radius 2 is 1.29 bits per heavy atom. The third-order valence-electron chi connectivity index (χ3n) is 1.87. The molecule has 95 valence electrons. The predicted molar refractivity (Wildman–Crippen MR) is 57.6 cm³/mol. The quantitative estimate of drug-likeness (QED) is 0.570. The van der Waals surface area contributed by atoms with Gasteiger partial charge in [0.25, 0.3) is 0 Å². The molecule has 0 radical (unpaired) electrons. The molecule has 0 atom stereocenters. The summed E-state index contributed by atoms with van der Waals surface area (Å²) in [6, 6.07) is 0. The van der Waals surface area contributed by atoms with Crippen molar-refractivity contribution in [3.63, 3.8) is 0 Å². The molecule has 0 aliphatic rings. The fraction of sp³-hybridized carbons (Fsp3) is 0.455. The summed E-state index contributed by atoms with van der Waals surface area (Å²) >= 11 is -4.70. The van der Waals surface area contributed by atoms with Crippen molar-refractivity contribution < 1.29 is 36.9 Å². The maximum absolute atomic E-state index is 12.3. The summed E-state index contributed by atoms with van der Waals surface area (Å²) in [5.74, 6) is -1.63. The van der Waals surface area contributed by atoms with Crippen LogP contribution in [0.5, 0.6) is 0 Å². The molecule has 0 amide bonds. The number of carbonyl (C=O) groups excluding carboxylic acids is 2. The number of hydrogen-bond donors (Lipinski definition) is 0. The van der Waals surface area contributed by atoms with Crippen molar-refractivity contribution in [3.8, 4) is 0 Å². The van der Waals surface area contributed by atoms with E-state index in [0.717, 1.165) is 0 Å². The Labute approximate surface area is 105 Å². The van der Waals surface area contributed by atoms with Crippen LogP contribution in [0.25, 0.3) is 0 Å². The van der Waals surface area contributed by atoms with Gasteiger partial charge in [-0.3, -0.25) is 0 Å². The molecule has 0 aromatic heterocycles. The Hall–Kier alpha value is -1.07. The molecular weight excluding hydrogens is 260 g/mol. The van der Waals surface area contributed by atoms with Gasteiger partial charge < -0.3 is 0 Å². The SMILES string of the molecule is C=C(C)C(=O)[O][Ti](=[O])([O]C(=O)C(=C)C)[CH](C)C. The number of hydrogen-bond acceptors (Lipinski definition) is 5. The fourth-order valence-corrected chi connectivity index (χ4v) is 2.84. The molecule has 5 nitrogen and oxygen atoms in total. The van der Waals surface area contributed by atoms with Gasteiger partial charge in [0, 0.05) is 0 Å². The number of rotatable bonds is 5. The molecule has 0 fully saturated rings. The molecule has 0 saturated heterocycles. The summed E-state index contributed by atoms with van der Waals surface area (Å²) in [6.07, 6.45) is 0. The third-order valence-corrected chi connectivity index (χ3v) is 5.55. The van der Waals surface area contributed by atoms with E-state index in [0.29, 0.717) is 0 Å². The van der Waals surface area contributed by atoms with Crippen molar-refractivity contribution in [3.05, 3.63) is 24.3 Å². The minimum atomic E-state index is -4.70. The predicted octanol–water partition coefficient (Wildman–Crippen LogP) is 2.38. The van der Waals surface area contributed by atoms with Gasteiger partial charge in [-0.2, -0.15) is 0 Å². The van der Waals surface area contributed by atoms with Gasteiger partial charge in [-0.05, 0) is 0 Å². The van der Waals surface area contributed by atoms with Gasteiger partial charge in [-0.25, -0.2) is 0 Å². The van der Waals surface area contributed by atoms with Crippen molar-refractivity contribution in [2.75, 3.05) is 0 Å². The van der Waals surface area contributed by atoms with E-state index in [1.807, 2.05) is 0 Å². The standard InChI is InChI=1S/2C4H6O2.C3H7.O.Ti/c2*1-3(2)4(5)6;1-3-2;;/h2*1H2,2H3,(H,5,6);3H,1-2H3;;/q;;;;+2/p-2. The zero-order valence-corrected chi connectivity index (χ0v) is 12.1. The molecule has 0 N–H and O–H groups in total. The Kier molecular flexibility index (Phi) is 5.65. The van der Waals surface area contributed by atoms with Crippen LogP contribution < -0.4 is 0 Å². The zero-order valence-electron chi connectivity index (χ0n) is 10.5. The van der Waals surface area contributed by atoms with Crippen LogP contribution in [0, 0.1) is 0 Å². The Balaban J connectivity index is 5.00. The van der Waals surface area contributed by atoms with E-state index >= 15 is 0 Å². The Bertz CT molecular complexity index is 376. The molecule has 6 heteroatoms. The van der Waals surface area contributed by atoms with Crippen LogP contribution in [0.1, 0.15) is 27.7 Å². The van der Waals surface area contributed by atoms with Crippen LogP contribution in [0.4, 0.5) is 0 Å². The molecular formula is C11H17O5Ti. The number of carbonyl (C=O) groups is 2. The van der Waals surface area contributed by atoms with Crippen molar-refractivity contribution >= 4 is 11.9 Å². The molecule has 0 rings (SSSR count). The van der Waals surface area contributed by atoms with Crippen molar-refractivity contribution in [1.29, 1.82) is 0 Å². The van der Waals surface area contributed by atoms with Gasteiger partial charge in [0.15, 0.2) is 0 Å². The molecule has 0 unspecified atom stereocenters. The van der Waals surface area contributed by atoms with E-state index in [4.69, 9.17) is 6.64 Å². The van der Waals surface area contributed by atoms with Crippen molar-refractivity contribution in [1.82, 2.24) is 0 Å². The molecule has 0 bridgehead atoms.